The number of hydrogen-bond donors (Lipinski definition) is 2. The lowest BCUT2D eigenvalue weighted by atomic mass is 9.98. The van der Waals surface area contributed by atoms with Crippen LogP contribution in [0.5, 0.6) is 0 Å². The van der Waals surface area contributed by atoms with E-state index in [2.05, 4.69) is 41.4 Å². The fraction of sp³-hybridized carbons (Fsp3) is 0.684. The second-order valence-electron chi connectivity index (χ2n) is 7.21. The smallest absolute Gasteiger partial charge is 0.0900 e. The minimum atomic E-state index is -0.369. The molecule has 3 unspecified atom stereocenters. The molecule has 4 heteroatoms. The van der Waals surface area contributed by atoms with Crippen molar-refractivity contribution in [1.29, 1.82) is 0 Å². The third-order valence-corrected chi connectivity index (χ3v) is 5.33. The second kappa shape index (κ2) is 7.75. The predicted molar refractivity (Wildman–Crippen MR) is 92.5 cm³/mol. The van der Waals surface area contributed by atoms with E-state index in [0.29, 0.717) is 24.6 Å². The Kier molecular flexibility index (Phi) is 5.70. The van der Waals surface area contributed by atoms with Crippen LogP contribution in [0.15, 0.2) is 24.3 Å². The van der Waals surface area contributed by atoms with Gasteiger partial charge in [-0.15, -0.1) is 0 Å². The van der Waals surface area contributed by atoms with Gasteiger partial charge in [0.1, 0.15) is 0 Å². The molecule has 3 rings (SSSR count). The second-order valence-corrected chi connectivity index (χ2v) is 7.21. The number of aliphatic hydroxyl groups excluding tert-OH is 1. The number of nitrogens with zero attached hydrogens (tertiary/aromatic N) is 1. The van der Waals surface area contributed by atoms with E-state index in [1.807, 2.05) is 0 Å². The van der Waals surface area contributed by atoms with E-state index in [-0.39, 0.29) is 6.10 Å². The summed E-state index contributed by atoms with van der Waals surface area (Å²) in [6, 6.07) is 9.95. The number of methoxy groups -OCH3 is 1. The van der Waals surface area contributed by atoms with Gasteiger partial charge >= 0.3 is 0 Å². The van der Waals surface area contributed by atoms with Crippen LogP contribution < -0.4 is 5.32 Å². The number of piperidine rings is 1. The largest absolute Gasteiger partial charge is 0.389 e. The lowest BCUT2D eigenvalue weighted by Gasteiger charge is -2.35. The van der Waals surface area contributed by atoms with Gasteiger partial charge in [0.2, 0.25) is 0 Å². The molecule has 1 aliphatic carbocycles. The molecule has 0 bridgehead atoms. The Morgan fingerprint density at radius 2 is 2.04 bits per heavy atom. The standard InChI is InChI=1S/C19H30N2O2/c1-14-11-15-5-3-4-6-18(15)19(14)20-16-7-9-21(10-8-16)12-17(22)13-23-2/h3-6,14,16-17,19-20,22H,7-13H2,1-2H3. The molecule has 1 aromatic carbocycles. The Morgan fingerprint density at radius 1 is 1.30 bits per heavy atom. The third kappa shape index (κ3) is 4.13. The van der Waals surface area contributed by atoms with Gasteiger partial charge in [0.05, 0.1) is 12.7 Å². The molecule has 0 saturated carbocycles. The van der Waals surface area contributed by atoms with Crippen molar-refractivity contribution in [1.82, 2.24) is 10.2 Å². The van der Waals surface area contributed by atoms with Gasteiger partial charge in [-0.05, 0) is 49.4 Å². The number of hydrogen-bond acceptors (Lipinski definition) is 4. The van der Waals surface area contributed by atoms with Crippen LogP contribution in [-0.4, -0.2) is 55.5 Å². The van der Waals surface area contributed by atoms with E-state index >= 15 is 0 Å². The quantitative estimate of drug-likeness (QED) is 0.842. The van der Waals surface area contributed by atoms with Crippen molar-refractivity contribution in [3.63, 3.8) is 0 Å². The Bertz CT molecular complexity index is 500. The Morgan fingerprint density at radius 3 is 2.78 bits per heavy atom. The van der Waals surface area contributed by atoms with Crippen LogP contribution in [-0.2, 0) is 11.2 Å². The summed E-state index contributed by atoms with van der Waals surface area (Å²) in [6.45, 7) is 5.62. The first-order valence-corrected chi connectivity index (χ1v) is 8.90. The lowest BCUT2D eigenvalue weighted by molar-refractivity contribution is 0.0305. The maximum atomic E-state index is 9.86. The van der Waals surface area contributed by atoms with Crippen LogP contribution in [0.25, 0.3) is 0 Å². The molecule has 23 heavy (non-hydrogen) atoms. The molecule has 0 amide bonds. The summed E-state index contributed by atoms with van der Waals surface area (Å²) < 4.78 is 5.01. The van der Waals surface area contributed by atoms with Crippen molar-refractivity contribution in [2.45, 2.75) is 44.4 Å². The van der Waals surface area contributed by atoms with Crippen LogP contribution in [0.2, 0.25) is 0 Å². The highest BCUT2D eigenvalue weighted by atomic mass is 16.5. The van der Waals surface area contributed by atoms with Gasteiger partial charge in [-0.1, -0.05) is 31.2 Å². The zero-order chi connectivity index (χ0) is 16.2. The van der Waals surface area contributed by atoms with Crippen LogP contribution in [0.1, 0.15) is 36.9 Å². The maximum absolute atomic E-state index is 9.86. The van der Waals surface area contributed by atoms with Gasteiger partial charge in [0.25, 0.3) is 0 Å². The molecule has 2 aliphatic rings. The van der Waals surface area contributed by atoms with E-state index < -0.39 is 0 Å². The molecule has 1 heterocycles. The number of benzene rings is 1. The summed E-state index contributed by atoms with van der Waals surface area (Å²) >= 11 is 0. The summed E-state index contributed by atoms with van der Waals surface area (Å²) in [5.41, 5.74) is 3.01. The average molecular weight is 318 g/mol. The van der Waals surface area contributed by atoms with Crippen molar-refractivity contribution in [3.8, 4) is 0 Å². The number of nitrogens with one attached hydrogen (secondary N) is 1. The summed E-state index contributed by atoms with van der Waals surface area (Å²) in [4.78, 5) is 2.36. The van der Waals surface area contributed by atoms with Crippen molar-refractivity contribution < 1.29 is 9.84 Å². The molecule has 1 aromatic rings. The highest BCUT2D eigenvalue weighted by Gasteiger charge is 2.31. The Balaban J connectivity index is 1.49. The molecule has 3 atom stereocenters. The predicted octanol–water partition coefficient (Wildman–Crippen LogP) is 1.98. The third-order valence-electron chi connectivity index (χ3n) is 5.33. The molecule has 4 nitrogen and oxygen atoms in total. The first-order valence-electron chi connectivity index (χ1n) is 8.90. The fourth-order valence-corrected chi connectivity index (χ4v) is 4.13. The van der Waals surface area contributed by atoms with Crippen molar-refractivity contribution >= 4 is 0 Å². The van der Waals surface area contributed by atoms with E-state index in [1.54, 1.807) is 7.11 Å². The zero-order valence-corrected chi connectivity index (χ0v) is 14.4. The topological polar surface area (TPSA) is 44.7 Å². The first kappa shape index (κ1) is 16.9. The summed E-state index contributed by atoms with van der Waals surface area (Å²) in [5, 5.41) is 13.8. The molecule has 0 aromatic heterocycles. The number of likely N-dealkylation sites (tertiary alicyclic amines) is 1. The SMILES string of the molecule is COCC(O)CN1CCC(NC2c3ccccc3CC2C)CC1. The molecular weight excluding hydrogens is 288 g/mol. The van der Waals surface area contributed by atoms with Gasteiger partial charge in [0.15, 0.2) is 0 Å². The first-order chi connectivity index (χ1) is 11.2. The van der Waals surface area contributed by atoms with Gasteiger partial charge in [-0.3, -0.25) is 0 Å². The number of β-amino-alcohol motifs (C(OH)–C–C–N with tert-alkyl or cyclic N) is 1. The molecule has 1 fully saturated rings. The van der Waals surface area contributed by atoms with Gasteiger partial charge in [-0.2, -0.15) is 0 Å². The molecule has 1 saturated heterocycles. The van der Waals surface area contributed by atoms with E-state index in [4.69, 9.17) is 4.74 Å². The van der Waals surface area contributed by atoms with E-state index in [0.717, 1.165) is 32.5 Å². The lowest BCUT2D eigenvalue weighted by Crippen LogP contribution is -2.46. The monoisotopic (exact) mass is 318 g/mol. The fourth-order valence-electron chi connectivity index (χ4n) is 4.13. The van der Waals surface area contributed by atoms with Crippen molar-refractivity contribution in [2.24, 2.45) is 5.92 Å². The molecule has 0 radical (unpaired) electrons. The zero-order valence-electron chi connectivity index (χ0n) is 14.4. The number of ether oxygens (including phenoxy) is 1. The average Bonchev–Trinajstić information content (AvgIpc) is 2.85. The van der Waals surface area contributed by atoms with Gasteiger partial charge in [-0.25, -0.2) is 0 Å². The highest BCUT2D eigenvalue weighted by molar-refractivity contribution is 5.35. The molecule has 1 aliphatic heterocycles. The number of fused-ring (bicyclic) bond motifs is 1. The Labute approximate surface area is 139 Å². The highest BCUT2D eigenvalue weighted by Crippen LogP contribution is 2.36. The normalized spacial score (nSPS) is 27.1. The van der Waals surface area contributed by atoms with E-state index in [9.17, 15) is 5.11 Å². The van der Waals surface area contributed by atoms with Gasteiger partial charge < -0.3 is 20.1 Å². The van der Waals surface area contributed by atoms with Crippen LogP contribution in [0.3, 0.4) is 0 Å². The minimum absolute atomic E-state index is 0.369. The van der Waals surface area contributed by atoms with E-state index in [1.165, 1.54) is 17.5 Å². The number of aliphatic hydroxyl groups is 1. The van der Waals surface area contributed by atoms with Crippen LogP contribution in [0.4, 0.5) is 0 Å². The summed E-state index contributed by atoms with van der Waals surface area (Å²) in [6.07, 6.45) is 3.14. The molecule has 2 N–H and O–H groups in total. The van der Waals surface area contributed by atoms with Crippen molar-refractivity contribution in [3.05, 3.63) is 35.4 Å². The molecule has 0 spiro atoms. The Hall–Kier alpha value is -0.940. The molecule has 128 valence electrons. The van der Waals surface area contributed by atoms with Gasteiger partial charge in [0, 0.05) is 25.7 Å². The number of rotatable bonds is 6. The molecular formula is C19H30N2O2. The van der Waals surface area contributed by atoms with Crippen molar-refractivity contribution in [2.75, 3.05) is 33.4 Å². The maximum Gasteiger partial charge on any atom is 0.0900 e. The summed E-state index contributed by atoms with van der Waals surface area (Å²) in [5.74, 6) is 0.675. The van der Waals surface area contributed by atoms with Crippen LogP contribution in [0, 0.1) is 5.92 Å². The summed E-state index contributed by atoms with van der Waals surface area (Å²) in [7, 11) is 1.64. The van der Waals surface area contributed by atoms with Crippen LogP contribution >= 0.6 is 0 Å². The minimum Gasteiger partial charge on any atom is -0.389 e.